The third-order valence-electron chi connectivity index (χ3n) is 10.5. The van der Waals surface area contributed by atoms with Gasteiger partial charge in [0.25, 0.3) is 5.91 Å². The summed E-state index contributed by atoms with van der Waals surface area (Å²) < 4.78 is 27.5. The fourth-order valence-corrected chi connectivity index (χ4v) is 7.12. The number of aromatic nitrogens is 1. The van der Waals surface area contributed by atoms with Crippen LogP contribution in [0.5, 0.6) is 0 Å². The number of carbonyl (C=O) groups is 5. The minimum absolute atomic E-state index is 0.124. The normalized spacial score (nSPS) is 12.1. The number of hydrogen-bond acceptors (Lipinski definition) is 12. The Morgan fingerprint density at radius 1 is 0.691 bits per heavy atom. The number of anilines is 1. The van der Waals surface area contributed by atoms with E-state index in [2.05, 4.69) is 38.5 Å². The number of nitrogens with one attached hydrogen (secondary N) is 5. The van der Waals surface area contributed by atoms with Gasteiger partial charge in [0.1, 0.15) is 11.9 Å². The third-order valence-corrected chi connectivity index (χ3v) is 10.5. The fourth-order valence-electron chi connectivity index (χ4n) is 7.12. The second kappa shape index (κ2) is 31.1. The SMILES string of the molecule is CCCOCCOCCOCCOCCOCCNC(=O)C(CC(C)C)NC(=O)c1ccc(-c2ccc([C@H](CC(=O)O)NC(=O)CNC(=O)CCCNc3cc(C)ccn3)cc2)c2ccccc12. The summed E-state index contributed by atoms with van der Waals surface area (Å²) in [6.45, 7) is 13.3. The molecule has 2 atom stereocenters. The van der Waals surface area contributed by atoms with Crippen molar-refractivity contribution < 1.29 is 52.8 Å². The molecular formula is C51H70N6O11. The van der Waals surface area contributed by atoms with Crippen molar-refractivity contribution in [1.29, 1.82) is 0 Å². The van der Waals surface area contributed by atoms with Crippen molar-refractivity contribution in [3.05, 3.63) is 95.7 Å². The van der Waals surface area contributed by atoms with Crippen molar-refractivity contribution >= 4 is 46.2 Å². The number of hydrogen-bond donors (Lipinski definition) is 6. The number of aryl methyl sites for hydroxylation is 1. The van der Waals surface area contributed by atoms with Gasteiger partial charge >= 0.3 is 5.97 Å². The van der Waals surface area contributed by atoms with Crippen molar-refractivity contribution in [2.45, 2.75) is 71.9 Å². The van der Waals surface area contributed by atoms with Crippen LogP contribution >= 0.6 is 0 Å². The van der Waals surface area contributed by atoms with Gasteiger partial charge in [-0.1, -0.05) is 75.4 Å². The number of carboxylic acids is 1. The molecule has 0 aliphatic carbocycles. The van der Waals surface area contributed by atoms with Crippen LogP contribution in [0.2, 0.25) is 0 Å². The average Bonchev–Trinajstić information content (AvgIpc) is 3.32. The van der Waals surface area contributed by atoms with Crippen LogP contribution in [-0.4, -0.2) is 131 Å². The Balaban J connectivity index is 1.25. The van der Waals surface area contributed by atoms with Crippen LogP contribution in [0.4, 0.5) is 5.82 Å². The smallest absolute Gasteiger partial charge is 0.305 e. The molecule has 0 fully saturated rings. The monoisotopic (exact) mass is 943 g/mol. The van der Waals surface area contributed by atoms with Crippen molar-refractivity contribution in [3.8, 4) is 11.1 Å². The Hall–Kier alpha value is -5.98. The summed E-state index contributed by atoms with van der Waals surface area (Å²) in [5, 5.41) is 25.5. The largest absolute Gasteiger partial charge is 0.481 e. The number of nitrogens with zero attached hydrogens (tertiary/aromatic N) is 1. The lowest BCUT2D eigenvalue weighted by Gasteiger charge is -2.21. The number of carbonyl (C=O) groups excluding carboxylic acids is 4. The number of pyridine rings is 1. The summed E-state index contributed by atoms with van der Waals surface area (Å²) in [6.07, 6.45) is 3.49. The number of fused-ring (bicyclic) bond motifs is 1. The minimum Gasteiger partial charge on any atom is -0.481 e. The molecule has 4 amide bonds. The lowest BCUT2D eigenvalue weighted by Crippen LogP contribution is -2.48. The Morgan fingerprint density at radius 3 is 1.94 bits per heavy atom. The molecule has 1 unspecified atom stereocenters. The van der Waals surface area contributed by atoms with Gasteiger partial charge in [0, 0.05) is 37.9 Å². The van der Waals surface area contributed by atoms with Gasteiger partial charge in [0.15, 0.2) is 0 Å². The predicted octanol–water partition coefficient (Wildman–Crippen LogP) is 5.60. The maximum absolute atomic E-state index is 13.9. The first kappa shape index (κ1) is 54.6. The van der Waals surface area contributed by atoms with Gasteiger partial charge in [-0.15, -0.1) is 0 Å². The van der Waals surface area contributed by atoms with Gasteiger partial charge in [-0.25, -0.2) is 4.98 Å². The summed E-state index contributed by atoms with van der Waals surface area (Å²) in [5.41, 5.74) is 3.68. The average molecular weight is 943 g/mol. The molecule has 3 aromatic carbocycles. The van der Waals surface area contributed by atoms with Gasteiger partial charge in [0.2, 0.25) is 17.7 Å². The highest BCUT2D eigenvalue weighted by Gasteiger charge is 2.24. The van der Waals surface area contributed by atoms with Crippen molar-refractivity contribution in [1.82, 2.24) is 26.3 Å². The first-order chi connectivity index (χ1) is 32.9. The first-order valence-corrected chi connectivity index (χ1v) is 23.5. The van der Waals surface area contributed by atoms with E-state index >= 15 is 0 Å². The van der Waals surface area contributed by atoms with Crippen LogP contribution in [0, 0.1) is 12.8 Å². The fraction of sp³-hybridized carbons (Fsp3) is 0.490. The minimum atomic E-state index is -1.10. The molecule has 68 heavy (non-hydrogen) atoms. The van der Waals surface area contributed by atoms with E-state index in [4.69, 9.17) is 23.7 Å². The molecule has 370 valence electrons. The van der Waals surface area contributed by atoms with Crippen LogP contribution in [0.3, 0.4) is 0 Å². The van der Waals surface area contributed by atoms with E-state index in [1.54, 1.807) is 24.4 Å². The molecule has 1 heterocycles. The van der Waals surface area contributed by atoms with E-state index in [0.717, 1.165) is 40.9 Å². The van der Waals surface area contributed by atoms with E-state index in [1.165, 1.54) is 0 Å². The molecule has 0 spiro atoms. The number of benzene rings is 3. The molecule has 4 aromatic rings. The van der Waals surface area contributed by atoms with Crippen LogP contribution in [0.25, 0.3) is 21.9 Å². The zero-order chi connectivity index (χ0) is 48.9. The standard InChI is InChI=1S/C51H70N6O11/c1-5-22-64-24-26-66-28-30-68-31-29-67-27-25-65-23-21-54-51(63)45(32-36(2)3)57-50(62)43-17-16-40(41-9-6-7-10-42(41)43)38-12-14-39(15-13-38)44(34-49(60)61)56-48(59)35-55-47(58)11-8-19-52-46-33-37(4)18-20-53-46/h6-7,9-10,12-18,20,33,36,44-45H,5,8,11,19,21-32,34-35H2,1-4H3,(H,52,53)(H,54,63)(H,55,58)(H,56,59)(H,57,62)(H,60,61)/t44-,45?/m0/s1. The van der Waals surface area contributed by atoms with E-state index in [0.29, 0.717) is 88.8 Å². The van der Waals surface area contributed by atoms with E-state index in [9.17, 15) is 29.1 Å². The second-order valence-electron chi connectivity index (χ2n) is 16.6. The first-order valence-electron chi connectivity index (χ1n) is 23.5. The maximum Gasteiger partial charge on any atom is 0.305 e. The topological polar surface area (TPSA) is 225 Å². The summed E-state index contributed by atoms with van der Waals surface area (Å²) in [7, 11) is 0. The maximum atomic E-state index is 13.9. The molecule has 0 saturated carbocycles. The molecule has 17 heteroatoms. The van der Waals surface area contributed by atoms with Crippen LogP contribution in [0.15, 0.2) is 79.0 Å². The zero-order valence-electron chi connectivity index (χ0n) is 39.9. The highest BCUT2D eigenvalue weighted by atomic mass is 16.6. The Kier molecular flexibility index (Phi) is 25.0. The van der Waals surface area contributed by atoms with Crippen molar-refractivity contribution in [2.75, 3.05) is 91.0 Å². The van der Waals surface area contributed by atoms with E-state index in [-0.39, 0.29) is 56.2 Å². The Labute approximate surface area is 399 Å². The Morgan fingerprint density at radius 2 is 1.32 bits per heavy atom. The number of amides is 4. The lowest BCUT2D eigenvalue weighted by molar-refractivity contribution is -0.138. The summed E-state index contributed by atoms with van der Waals surface area (Å²) in [5.74, 6) is -1.76. The van der Waals surface area contributed by atoms with Gasteiger partial charge in [-0.3, -0.25) is 24.0 Å². The Bertz CT molecular complexity index is 2170. The lowest BCUT2D eigenvalue weighted by atomic mass is 9.93. The summed E-state index contributed by atoms with van der Waals surface area (Å²) >= 11 is 0. The predicted molar refractivity (Wildman–Crippen MR) is 260 cm³/mol. The highest BCUT2D eigenvalue weighted by Crippen LogP contribution is 2.32. The molecule has 0 radical (unpaired) electrons. The number of rotatable bonds is 34. The molecule has 1 aromatic heterocycles. The van der Waals surface area contributed by atoms with Crippen LogP contribution in [-0.2, 0) is 42.9 Å². The van der Waals surface area contributed by atoms with Crippen LogP contribution in [0.1, 0.15) is 80.4 Å². The van der Waals surface area contributed by atoms with E-state index < -0.39 is 24.0 Å². The molecule has 0 bridgehead atoms. The summed E-state index contributed by atoms with van der Waals surface area (Å²) in [6, 6.07) is 20.4. The zero-order valence-corrected chi connectivity index (χ0v) is 39.9. The van der Waals surface area contributed by atoms with Gasteiger partial charge in [0.05, 0.1) is 78.5 Å². The second-order valence-corrected chi connectivity index (χ2v) is 16.6. The molecular weight excluding hydrogens is 873 g/mol. The molecule has 4 rings (SSSR count). The van der Waals surface area contributed by atoms with Crippen molar-refractivity contribution in [2.24, 2.45) is 5.92 Å². The molecule has 0 saturated heterocycles. The third kappa shape index (κ3) is 20.5. The molecule has 17 nitrogen and oxygen atoms in total. The molecule has 6 N–H and O–H groups in total. The molecule has 0 aliphatic heterocycles. The van der Waals surface area contributed by atoms with Gasteiger partial charge < -0.3 is 55.4 Å². The number of carboxylic acid groups (broad SMARTS) is 1. The molecule has 0 aliphatic rings. The number of ether oxygens (including phenoxy) is 5. The number of aliphatic carboxylic acids is 1. The van der Waals surface area contributed by atoms with E-state index in [1.807, 2.05) is 75.4 Å². The van der Waals surface area contributed by atoms with Gasteiger partial charge in [-0.05, 0) is 83.3 Å². The summed E-state index contributed by atoms with van der Waals surface area (Å²) in [4.78, 5) is 68.6. The van der Waals surface area contributed by atoms with Crippen molar-refractivity contribution in [3.63, 3.8) is 0 Å². The van der Waals surface area contributed by atoms with Crippen LogP contribution < -0.4 is 26.6 Å². The quantitative estimate of drug-likeness (QED) is 0.0314. The highest BCUT2D eigenvalue weighted by molar-refractivity contribution is 6.11. The van der Waals surface area contributed by atoms with Gasteiger partial charge in [-0.2, -0.15) is 0 Å².